The molecule has 0 aliphatic carbocycles. The van der Waals surface area contributed by atoms with E-state index < -0.39 is 0 Å². The number of hydrogen-bond acceptors (Lipinski definition) is 1. The van der Waals surface area contributed by atoms with E-state index in [4.69, 9.17) is 23.2 Å². The summed E-state index contributed by atoms with van der Waals surface area (Å²) >= 11 is 12.2. The number of nitrogens with one attached hydrogen (secondary N) is 1. The predicted molar refractivity (Wildman–Crippen MR) is 76.6 cm³/mol. The van der Waals surface area contributed by atoms with Crippen LogP contribution in [0.3, 0.4) is 0 Å². The van der Waals surface area contributed by atoms with E-state index in [0.29, 0.717) is 16.5 Å². The molecule has 1 aliphatic heterocycles. The first kappa shape index (κ1) is 12.5. The van der Waals surface area contributed by atoms with Crippen LogP contribution in [0.1, 0.15) is 22.7 Å². The molecule has 4 heteroatoms. The van der Waals surface area contributed by atoms with Crippen molar-refractivity contribution >= 4 is 29.1 Å². The van der Waals surface area contributed by atoms with Crippen molar-refractivity contribution in [1.29, 1.82) is 0 Å². The molecule has 0 aromatic heterocycles. The highest BCUT2D eigenvalue weighted by Crippen LogP contribution is 2.34. The Labute approximate surface area is 121 Å². The molecule has 1 amide bonds. The van der Waals surface area contributed by atoms with E-state index in [-0.39, 0.29) is 11.9 Å². The molecule has 1 atom stereocenters. The van der Waals surface area contributed by atoms with E-state index in [1.165, 1.54) is 0 Å². The minimum absolute atomic E-state index is 0.00900. The quantitative estimate of drug-likeness (QED) is 0.852. The molecular formula is C15H11Cl2NO. The van der Waals surface area contributed by atoms with Crippen LogP contribution in [0.15, 0.2) is 42.5 Å². The Hall–Kier alpha value is -1.51. The van der Waals surface area contributed by atoms with E-state index in [1.807, 2.05) is 30.3 Å². The third kappa shape index (κ3) is 2.34. The van der Waals surface area contributed by atoms with Crippen LogP contribution in [0.4, 0.5) is 0 Å². The highest BCUT2D eigenvalue weighted by molar-refractivity contribution is 6.35. The summed E-state index contributed by atoms with van der Waals surface area (Å²) < 4.78 is 0. The lowest BCUT2D eigenvalue weighted by Gasteiger charge is -2.27. The van der Waals surface area contributed by atoms with Gasteiger partial charge in [-0.05, 0) is 28.8 Å². The predicted octanol–water partition coefficient (Wildman–Crippen LogP) is 3.76. The zero-order chi connectivity index (χ0) is 13.4. The van der Waals surface area contributed by atoms with Crippen molar-refractivity contribution in [2.24, 2.45) is 0 Å². The summed E-state index contributed by atoms with van der Waals surface area (Å²) in [4.78, 5) is 11.8. The van der Waals surface area contributed by atoms with Crippen molar-refractivity contribution in [3.05, 3.63) is 69.2 Å². The zero-order valence-electron chi connectivity index (χ0n) is 9.99. The van der Waals surface area contributed by atoms with Gasteiger partial charge in [0.2, 0.25) is 5.91 Å². The van der Waals surface area contributed by atoms with Crippen molar-refractivity contribution in [3.63, 3.8) is 0 Å². The number of carbonyl (C=O) groups excluding carboxylic acids is 1. The summed E-state index contributed by atoms with van der Waals surface area (Å²) in [6.07, 6.45) is 0.415. The van der Waals surface area contributed by atoms with Crippen molar-refractivity contribution in [3.8, 4) is 0 Å². The second kappa shape index (κ2) is 4.87. The molecule has 19 heavy (non-hydrogen) atoms. The minimum atomic E-state index is -0.206. The number of carbonyl (C=O) groups is 1. The average Bonchev–Trinajstić information content (AvgIpc) is 2.38. The van der Waals surface area contributed by atoms with Gasteiger partial charge in [0.25, 0.3) is 0 Å². The molecule has 0 saturated heterocycles. The number of amides is 1. The third-order valence-electron chi connectivity index (χ3n) is 3.30. The van der Waals surface area contributed by atoms with Crippen LogP contribution in [0, 0.1) is 0 Å². The van der Waals surface area contributed by atoms with Gasteiger partial charge in [0.15, 0.2) is 0 Å². The fraction of sp³-hybridized carbons (Fsp3) is 0.133. The van der Waals surface area contributed by atoms with Gasteiger partial charge in [-0.2, -0.15) is 0 Å². The van der Waals surface area contributed by atoms with Crippen molar-refractivity contribution < 1.29 is 4.79 Å². The lowest BCUT2D eigenvalue weighted by atomic mass is 9.89. The van der Waals surface area contributed by atoms with Crippen LogP contribution in [0.5, 0.6) is 0 Å². The summed E-state index contributed by atoms with van der Waals surface area (Å²) in [5, 5.41) is 4.13. The van der Waals surface area contributed by atoms with Gasteiger partial charge in [-0.1, -0.05) is 53.5 Å². The average molecular weight is 292 g/mol. The molecule has 0 unspecified atom stereocenters. The standard InChI is InChI=1S/C15H11Cl2NO/c16-10-5-6-12(13(17)8-10)15-11-4-2-1-3-9(11)7-14(19)18-15/h1-6,8,15H,7H2,(H,18,19)/t15-/m0/s1. The van der Waals surface area contributed by atoms with E-state index in [9.17, 15) is 4.79 Å². The summed E-state index contributed by atoms with van der Waals surface area (Å²) in [7, 11) is 0. The lowest BCUT2D eigenvalue weighted by Crippen LogP contribution is -2.35. The molecule has 0 bridgehead atoms. The Bertz CT molecular complexity index is 654. The fourth-order valence-electron chi connectivity index (χ4n) is 2.42. The SMILES string of the molecule is O=C1Cc2ccccc2[C@@H](c2ccc(Cl)cc2Cl)N1. The molecule has 0 spiro atoms. The van der Waals surface area contributed by atoms with Crippen LogP contribution >= 0.6 is 23.2 Å². The molecule has 96 valence electrons. The van der Waals surface area contributed by atoms with Gasteiger partial charge in [-0.25, -0.2) is 0 Å². The number of rotatable bonds is 1. The maximum Gasteiger partial charge on any atom is 0.225 e. The Morgan fingerprint density at radius 2 is 1.84 bits per heavy atom. The second-order valence-electron chi connectivity index (χ2n) is 4.54. The van der Waals surface area contributed by atoms with Gasteiger partial charge in [0.1, 0.15) is 0 Å². The first-order valence-corrected chi connectivity index (χ1v) is 6.73. The summed E-state index contributed by atoms with van der Waals surface area (Å²) in [5.74, 6) is 0.00900. The molecule has 0 fully saturated rings. The monoisotopic (exact) mass is 291 g/mol. The Morgan fingerprint density at radius 1 is 1.05 bits per heavy atom. The smallest absolute Gasteiger partial charge is 0.225 e. The van der Waals surface area contributed by atoms with Gasteiger partial charge < -0.3 is 5.32 Å². The van der Waals surface area contributed by atoms with E-state index in [1.54, 1.807) is 12.1 Å². The maximum atomic E-state index is 11.8. The zero-order valence-corrected chi connectivity index (χ0v) is 11.5. The van der Waals surface area contributed by atoms with Crippen LogP contribution in [0.2, 0.25) is 10.0 Å². The highest BCUT2D eigenvalue weighted by Gasteiger charge is 2.26. The van der Waals surface area contributed by atoms with Crippen molar-refractivity contribution in [2.45, 2.75) is 12.5 Å². The molecular weight excluding hydrogens is 281 g/mol. The Morgan fingerprint density at radius 3 is 2.63 bits per heavy atom. The maximum absolute atomic E-state index is 11.8. The van der Waals surface area contributed by atoms with Crippen LogP contribution in [-0.4, -0.2) is 5.91 Å². The topological polar surface area (TPSA) is 29.1 Å². The van der Waals surface area contributed by atoms with E-state index >= 15 is 0 Å². The van der Waals surface area contributed by atoms with Gasteiger partial charge in [-0.15, -0.1) is 0 Å². The van der Waals surface area contributed by atoms with Crippen LogP contribution in [0.25, 0.3) is 0 Å². The molecule has 2 aromatic rings. The third-order valence-corrected chi connectivity index (χ3v) is 3.86. The second-order valence-corrected chi connectivity index (χ2v) is 5.39. The summed E-state index contributed by atoms with van der Waals surface area (Å²) in [6.45, 7) is 0. The largest absolute Gasteiger partial charge is 0.345 e. The summed E-state index contributed by atoms with van der Waals surface area (Å²) in [6, 6.07) is 13.0. The molecule has 2 aromatic carbocycles. The van der Waals surface area contributed by atoms with Gasteiger partial charge >= 0.3 is 0 Å². The van der Waals surface area contributed by atoms with Crippen LogP contribution < -0.4 is 5.32 Å². The molecule has 1 heterocycles. The Balaban J connectivity index is 2.12. The number of fused-ring (bicyclic) bond motifs is 1. The molecule has 1 aliphatic rings. The van der Waals surface area contributed by atoms with Crippen molar-refractivity contribution in [1.82, 2.24) is 5.32 Å². The van der Waals surface area contributed by atoms with E-state index in [0.717, 1.165) is 16.7 Å². The minimum Gasteiger partial charge on any atom is -0.345 e. The molecule has 2 nitrogen and oxygen atoms in total. The van der Waals surface area contributed by atoms with Gasteiger partial charge in [-0.3, -0.25) is 4.79 Å². The number of benzene rings is 2. The lowest BCUT2D eigenvalue weighted by molar-refractivity contribution is -0.121. The molecule has 0 saturated carbocycles. The Kier molecular flexibility index (Phi) is 3.21. The molecule has 0 radical (unpaired) electrons. The number of hydrogen-bond donors (Lipinski definition) is 1. The van der Waals surface area contributed by atoms with E-state index in [2.05, 4.69) is 5.32 Å². The van der Waals surface area contributed by atoms with Gasteiger partial charge in [0, 0.05) is 10.0 Å². The first-order chi connectivity index (χ1) is 9.15. The fourth-order valence-corrected chi connectivity index (χ4v) is 2.94. The molecule has 3 rings (SSSR count). The van der Waals surface area contributed by atoms with Gasteiger partial charge in [0.05, 0.1) is 12.5 Å². The van der Waals surface area contributed by atoms with Crippen LogP contribution in [-0.2, 0) is 11.2 Å². The molecule has 1 N–H and O–H groups in total. The number of halogens is 2. The first-order valence-electron chi connectivity index (χ1n) is 5.97. The van der Waals surface area contributed by atoms with Crippen molar-refractivity contribution in [2.75, 3.05) is 0 Å². The normalized spacial score (nSPS) is 17.8. The summed E-state index contributed by atoms with van der Waals surface area (Å²) in [5.41, 5.74) is 3.00. The highest BCUT2D eigenvalue weighted by atomic mass is 35.5.